The van der Waals surface area contributed by atoms with Gasteiger partial charge in [0.1, 0.15) is 0 Å². The first-order chi connectivity index (χ1) is 7.34. The molecule has 0 atom stereocenters. The van der Waals surface area contributed by atoms with Crippen LogP contribution < -0.4 is 0 Å². The first-order valence-electron chi connectivity index (χ1n) is 5.55. The van der Waals surface area contributed by atoms with Crippen LogP contribution in [0.15, 0.2) is 22.8 Å². The molecular formula is C12H18O3. The van der Waals surface area contributed by atoms with Crippen molar-refractivity contribution in [3.05, 3.63) is 24.2 Å². The molecule has 0 fully saturated rings. The quantitative estimate of drug-likeness (QED) is 0.511. The van der Waals surface area contributed by atoms with Crippen LogP contribution in [-0.2, 0) is 4.74 Å². The van der Waals surface area contributed by atoms with Crippen LogP contribution >= 0.6 is 0 Å². The highest BCUT2D eigenvalue weighted by Crippen LogP contribution is 2.05. The van der Waals surface area contributed by atoms with Gasteiger partial charge in [-0.1, -0.05) is 32.6 Å². The Bertz CT molecular complexity index is 264. The normalized spacial score (nSPS) is 10.2. The molecule has 0 aliphatic carbocycles. The Labute approximate surface area is 90.4 Å². The number of hydrogen-bond donors (Lipinski definition) is 0. The van der Waals surface area contributed by atoms with E-state index in [1.54, 1.807) is 12.1 Å². The fraction of sp³-hybridized carbons (Fsp3) is 0.583. The largest absolute Gasteiger partial charge is 0.460 e. The zero-order chi connectivity index (χ0) is 10.9. The van der Waals surface area contributed by atoms with E-state index in [-0.39, 0.29) is 11.7 Å². The van der Waals surface area contributed by atoms with Crippen LogP contribution in [0.1, 0.15) is 49.6 Å². The summed E-state index contributed by atoms with van der Waals surface area (Å²) in [6.07, 6.45) is 7.23. The van der Waals surface area contributed by atoms with Crippen molar-refractivity contribution >= 4 is 5.97 Å². The van der Waals surface area contributed by atoms with Crippen LogP contribution in [0.4, 0.5) is 0 Å². The Morgan fingerprint density at radius 1 is 1.33 bits per heavy atom. The van der Waals surface area contributed by atoms with Crippen molar-refractivity contribution in [3.8, 4) is 0 Å². The van der Waals surface area contributed by atoms with Crippen molar-refractivity contribution < 1.29 is 13.9 Å². The van der Waals surface area contributed by atoms with Crippen molar-refractivity contribution in [3.63, 3.8) is 0 Å². The molecule has 0 bridgehead atoms. The van der Waals surface area contributed by atoms with E-state index < -0.39 is 0 Å². The molecule has 3 nitrogen and oxygen atoms in total. The van der Waals surface area contributed by atoms with Gasteiger partial charge in [-0.2, -0.15) is 0 Å². The lowest BCUT2D eigenvalue weighted by molar-refractivity contribution is 0.0461. The monoisotopic (exact) mass is 210 g/mol. The van der Waals surface area contributed by atoms with E-state index in [1.807, 2.05) is 0 Å². The second kappa shape index (κ2) is 7.10. The van der Waals surface area contributed by atoms with Gasteiger partial charge in [0.15, 0.2) is 0 Å². The van der Waals surface area contributed by atoms with E-state index in [0.29, 0.717) is 6.61 Å². The van der Waals surface area contributed by atoms with E-state index in [0.717, 1.165) is 12.8 Å². The van der Waals surface area contributed by atoms with E-state index >= 15 is 0 Å². The SMILES string of the molecule is CCCCCCCOC(=O)c1ccco1. The van der Waals surface area contributed by atoms with Gasteiger partial charge in [0.05, 0.1) is 12.9 Å². The summed E-state index contributed by atoms with van der Waals surface area (Å²) in [6, 6.07) is 3.29. The number of unbranched alkanes of at least 4 members (excludes halogenated alkanes) is 4. The minimum Gasteiger partial charge on any atom is -0.460 e. The highest BCUT2D eigenvalue weighted by atomic mass is 16.5. The summed E-state index contributed by atoms with van der Waals surface area (Å²) in [5.41, 5.74) is 0. The lowest BCUT2D eigenvalue weighted by Crippen LogP contribution is -2.05. The number of esters is 1. The minimum atomic E-state index is -0.365. The Balaban J connectivity index is 2.03. The van der Waals surface area contributed by atoms with E-state index in [2.05, 4.69) is 6.92 Å². The molecule has 0 spiro atoms. The summed E-state index contributed by atoms with van der Waals surface area (Å²) < 4.78 is 9.95. The lowest BCUT2D eigenvalue weighted by atomic mass is 10.2. The van der Waals surface area contributed by atoms with Gasteiger partial charge in [0, 0.05) is 0 Å². The molecule has 0 unspecified atom stereocenters. The average Bonchev–Trinajstić information content (AvgIpc) is 2.76. The number of hydrogen-bond acceptors (Lipinski definition) is 3. The number of carbonyl (C=O) groups is 1. The van der Waals surface area contributed by atoms with Crippen LogP contribution in [0.5, 0.6) is 0 Å². The molecular weight excluding hydrogens is 192 g/mol. The highest BCUT2D eigenvalue weighted by Gasteiger charge is 2.08. The molecule has 0 aromatic carbocycles. The molecule has 0 saturated carbocycles. The zero-order valence-corrected chi connectivity index (χ0v) is 9.20. The van der Waals surface area contributed by atoms with Crippen LogP contribution in [0.25, 0.3) is 0 Å². The Hall–Kier alpha value is -1.25. The summed E-state index contributed by atoms with van der Waals surface area (Å²) in [5, 5.41) is 0. The van der Waals surface area contributed by atoms with Crippen molar-refractivity contribution in [1.29, 1.82) is 0 Å². The second-order valence-electron chi connectivity index (χ2n) is 3.53. The summed E-state index contributed by atoms with van der Waals surface area (Å²) >= 11 is 0. The van der Waals surface area contributed by atoms with Gasteiger partial charge in [-0.15, -0.1) is 0 Å². The molecule has 1 heterocycles. The minimum absolute atomic E-state index is 0.281. The van der Waals surface area contributed by atoms with Gasteiger partial charge in [-0.3, -0.25) is 0 Å². The number of furan rings is 1. The Morgan fingerprint density at radius 2 is 2.13 bits per heavy atom. The molecule has 1 aromatic rings. The summed E-state index contributed by atoms with van der Waals surface area (Å²) in [4.78, 5) is 11.3. The van der Waals surface area contributed by atoms with Crippen LogP contribution in [-0.4, -0.2) is 12.6 Å². The molecule has 3 heteroatoms. The fourth-order valence-corrected chi connectivity index (χ4v) is 1.34. The molecule has 15 heavy (non-hydrogen) atoms. The predicted octanol–water partition coefficient (Wildman–Crippen LogP) is 3.41. The molecule has 0 aliphatic rings. The molecule has 0 amide bonds. The van der Waals surface area contributed by atoms with Crippen molar-refractivity contribution in [2.24, 2.45) is 0 Å². The molecule has 0 radical (unpaired) electrons. The third-order valence-electron chi connectivity index (χ3n) is 2.20. The van der Waals surface area contributed by atoms with Crippen LogP contribution in [0.3, 0.4) is 0 Å². The second-order valence-corrected chi connectivity index (χ2v) is 3.53. The van der Waals surface area contributed by atoms with Crippen molar-refractivity contribution in [1.82, 2.24) is 0 Å². The summed E-state index contributed by atoms with van der Waals surface area (Å²) in [6.45, 7) is 2.67. The third-order valence-corrected chi connectivity index (χ3v) is 2.20. The van der Waals surface area contributed by atoms with Gasteiger partial charge in [-0.05, 0) is 18.6 Å². The van der Waals surface area contributed by atoms with Crippen LogP contribution in [0, 0.1) is 0 Å². The molecule has 1 aromatic heterocycles. The third kappa shape index (κ3) is 4.68. The molecule has 0 aliphatic heterocycles. The maximum absolute atomic E-state index is 11.3. The van der Waals surface area contributed by atoms with E-state index in [9.17, 15) is 4.79 Å². The maximum atomic E-state index is 11.3. The first-order valence-corrected chi connectivity index (χ1v) is 5.55. The van der Waals surface area contributed by atoms with Gasteiger partial charge in [-0.25, -0.2) is 4.79 Å². The van der Waals surface area contributed by atoms with Crippen molar-refractivity contribution in [2.75, 3.05) is 6.61 Å². The molecule has 1 rings (SSSR count). The fourth-order valence-electron chi connectivity index (χ4n) is 1.34. The Morgan fingerprint density at radius 3 is 2.80 bits per heavy atom. The van der Waals surface area contributed by atoms with Gasteiger partial charge in [0.25, 0.3) is 0 Å². The summed E-state index contributed by atoms with van der Waals surface area (Å²) in [5.74, 6) is -0.0842. The van der Waals surface area contributed by atoms with E-state index in [4.69, 9.17) is 9.15 Å². The zero-order valence-electron chi connectivity index (χ0n) is 9.20. The lowest BCUT2D eigenvalue weighted by Gasteiger charge is -2.02. The number of ether oxygens (including phenoxy) is 1. The van der Waals surface area contributed by atoms with Crippen molar-refractivity contribution in [2.45, 2.75) is 39.0 Å². The molecule has 0 N–H and O–H groups in total. The predicted molar refractivity (Wildman–Crippen MR) is 57.7 cm³/mol. The highest BCUT2D eigenvalue weighted by molar-refractivity contribution is 5.86. The Kier molecular flexibility index (Phi) is 5.59. The molecule has 0 saturated heterocycles. The van der Waals surface area contributed by atoms with Gasteiger partial charge in [0.2, 0.25) is 5.76 Å². The maximum Gasteiger partial charge on any atom is 0.374 e. The number of carbonyl (C=O) groups excluding carboxylic acids is 1. The smallest absolute Gasteiger partial charge is 0.374 e. The van der Waals surface area contributed by atoms with Gasteiger partial charge >= 0.3 is 5.97 Å². The average molecular weight is 210 g/mol. The summed E-state index contributed by atoms with van der Waals surface area (Å²) in [7, 11) is 0. The van der Waals surface area contributed by atoms with Crippen LogP contribution in [0.2, 0.25) is 0 Å². The number of rotatable bonds is 7. The first kappa shape index (κ1) is 11.8. The van der Waals surface area contributed by atoms with E-state index in [1.165, 1.54) is 25.5 Å². The standard InChI is InChI=1S/C12H18O3/c1-2-3-4-5-6-9-15-12(13)11-8-7-10-14-11/h7-8,10H,2-6,9H2,1H3. The van der Waals surface area contributed by atoms with Gasteiger partial charge < -0.3 is 9.15 Å². The topological polar surface area (TPSA) is 39.4 Å². The molecule has 84 valence electrons.